The van der Waals surface area contributed by atoms with Crippen LogP contribution in [0.1, 0.15) is 25.7 Å². The van der Waals surface area contributed by atoms with Crippen LogP contribution in [0.4, 0.5) is 0 Å². The van der Waals surface area contributed by atoms with Crippen LogP contribution >= 0.6 is 0 Å². The van der Waals surface area contributed by atoms with E-state index in [0.717, 1.165) is 45.3 Å². The van der Waals surface area contributed by atoms with Crippen molar-refractivity contribution in [1.29, 1.82) is 0 Å². The minimum absolute atomic E-state index is 0.301. The number of hydrogen-bond donors (Lipinski definition) is 3. The lowest BCUT2D eigenvalue weighted by atomic mass is 9.94. The van der Waals surface area contributed by atoms with Crippen LogP contribution in [-0.2, 0) is 4.79 Å². The summed E-state index contributed by atoms with van der Waals surface area (Å²) in [5, 5.41) is 29.0. The first-order valence-electron chi connectivity index (χ1n) is 8.10. The number of piperidine rings is 2. The number of carbonyl (C=O) groups excluding carboxylic acids is 1. The Morgan fingerprint density at radius 2 is 1.52 bits per heavy atom. The van der Waals surface area contributed by atoms with Gasteiger partial charge in [0.2, 0.25) is 5.91 Å². The van der Waals surface area contributed by atoms with E-state index in [2.05, 4.69) is 0 Å². The SMILES string of the molecule is O=C(C1CC1)N1CCC(CN2C[C@@H](O)C(O)[C@@H](O)C2)CC1. The zero-order valence-corrected chi connectivity index (χ0v) is 12.4. The van der Waals surface area contributed by atoms with Crippen molar-refractivity contribution in [2.45, 2.75) is 44.0 Å². The molecule has 3 aliphatic rings. The smallest absolute Gasteiger partial charge is 0.225 e. The molecule has 3 fully saturated rings. The third-order valence-corrected chi connectivity index (χ3v) is 5.05. The van der Waals surface area contributed by atoms with E-state index in [9.17, 15) is 20.1 Å². The summed E-state index contributed by atoms with van der Waals surface area (Å²) in [6.45, 7) is 3.33. The lowest BCUT2D eigenvalue weighted by Gasteiger charge is -2.40. The Kier molecular flexibility index (Phi) is 4.49. The summed E-state index contributed by atoms with van der Waals surface area (Å²) in [5.74, 6) is 1.14. The van der Waals surface area contributed by atoms with Crippen molar-refractivity contribution in [2.75, 3.05) is 32.7 Å². The van der Waals surface area contributed by atoms with Crippen LogP contribution in [0, 0.1) is 11.8 Å². The molecule has 0 aromatic rings. The number of hydrogen-bond acceptors (Lipinski definition) is 5. The van der Waals surface area contributed by atoms with Gasteiger partial charge in [-0.25, -0.2) is 0 Å². The predicted octanol–water partition coefficient (Wildman–Crippen LogP) is -0.967. The summed E-state index contributed by atoms with van der Waals surface area (Å²) in [4.78, 5) is 16.0. The molecule has 2 saturated heterocycles. The second-order valence-corrected chi connectivity index (χ2v) is 6.89. The molecule has 6 heteroatoms. The van der Waals surface area contributed by atoms with Crippen LogP contribution in [0.25, 0.3) is 0 Å². The molecule has 0 aromatic carbocycles. The molecule has 3 N–H and O–H groups in total. The van der Waals surface area contributed by atoms with Crippen LogP contribution < -0.4 is 0 Å². The minimum atomic E-state index is -1.03. The molecule has 6 nitrogen and oxygen atoms in total. The molecule has 0 bridgehead atoms. The summed E-state index contributed by atoms with van der Waals surface area (Å²) < 4.78 is 0. The first kappa shape index (κ1) is 15.2. The predicted molar refractivity (Wildman–Crippen MR) is 76.5 cm³/mol. The van der Waals surface area contributed by atoms with Crippen molar-refractivity contribution in [1.82, 2.24) is 9.80 Å². The van der Waals surface area contributed by atoms with Crippen LogP contribution in [-0.4, -0.2) is 82.1 Å². The molecule has 0 radical (unpaired) electrons. The molecule has 1 saturated carbocycles. The van der Waals surface area contributed by atoms with Gasteiger partial charge in [0, 0.05) is 38.6 Å². The summed E-state index contributed by atoms with van der Waals surface area (Å²) in [6, 6.07) is 0. The molecule has 3 rings (SSSR count). The fourth-order valence-electron chi connectivity index (χ4n) is 3.51. The van der Waals surface area contributed by atoms with E-state index < -0.39 is 18.3 Å². The fraction of sp³-hybridized carbons (Fsp3) is 0.933. The zero-order chi connectivity index (χ0) is 15.0. The molecule has 2 aliphatic heterocycles. The summed E-state index contributed by atoms with van der Waals surface area (Å²) >= 11 is 0. The highest BCUT2D eigenvalue weighted by Crippen LogP contribution is 2.32. The molecular formula is C15H26N2O4. The van der Waals surface area contributed by atoms with Crippen molar-refractivity contribution in [3.8, 4) is 0 Å². The Morgan fingerprint density at radius 3 is 2.05 bits per heavy atom. The van der Waals surface area contributed by atoms with Crippen LogP contribution in [0.5, 0.6) is 0 Å². The number of carbonyl (C=O) groups is 1. The largest absolute Gasteiger partial charge is 0.389 e. The number of aliphatic hydroxyl groups is 3. The van der Waals surface area contributed by atoms with Crippen molar-refractivity contribution in [3.05, 3.63) is 0 Å². The molecule has 1 aliphatic carbocycles. The van der Waals surface area contributed by atoms with Gasteiger partial charge in [0.25, 0.3) is 0 Å². The van der Waals surface area contributed by atoms with E-state index >= 15 is 0 Å². The number of amides is 1. The number of likely N-dealkylation sites (tertiary alicyclic amines) is 2. The molecule has 120 valence electrons. The second-order valence-electron chi connectivity index (χ2n) is 6.89. The lowest BCUT2D eigenvalue weighted by molar-refractivity contribution is -0.134. The summed E-state index contributed by atoms with van der Waals surface area (Å²) in [6.07, 6.45) is 1.33. The van der Waals surface area contributed by atoms with Gasteiger partial charge >= 0.3 is 0 Å². The van der Waals surface area contributed by atoms with Crippen molar-refractivity contribution in [3.63, 3.8) is 0 Å². The summed E-state index contributed by atoms with van der Waals surface area (Å²) in [5.41, 5.74) is 0. The maximum atomic E-state index is 12.0. The van der Waals surface area contributed by atoms with Gasteiger partial charge in [-0.3, -0.25) is 9.69 Å². The van der Waals surface area contributed by atoms with Gasteiger partial charge in [-0.2, -0.15) is 0 Å². The quantitative estimate of drug-likeness (QED) is 0.624. The molecule has 1 amide bonds. The van der Waals surface area contributed by atoms with Gasteiger partial charge in [0.15, 0.2) is 0 Å². The van der Waals surface area contributed by atoms with Crippen molar-refractivity contribution >= 4 is 5.91 Å². The molecule has 0 aromatic heterocycles. The molecule has 0 spiro atoms. The van der Waals surface area contributed by atoms with Gasteiger partial charge in [0.1, 0.15) is 6.10 Å². The molecule has 3 atom stereocenters. The van der Waals surface area contributed by atoms with E-state index in [1.807, 2.05) is 9.80 Å². The minimum Gasteiger partial charge on any atom is -0.389 e. The van der Waals surface area contributed by atoms with E-state index in [0.29, 0.717) is 30.8 Å². The number of rotatable bonds is 3. The van der Waals surface area contributed by atoms with Crippen molar-refractivity contribution in [2.24, 2.45) is 11.8 Å². The number of β-amino-alcohol motifs (C(OH)–C–C–N with tert-alkyl or cyclic N) is 2. The molecular weight excluding hydrogens is 272 g/mol. The molecule has 1 unspecified atom stereocenters. The Labute approximate surface area is 125 Å². The average molecular weight is 298 g/mol. The van der Waals surface area contributed by atoms with Crippen LogP contribution in [0.2, 0.25) is 0 Å². The van der Waals surface area contributed by atoms with Gasteiger partial charge in [-0.15, -0.1) is 0 Å². The van der Waals surface area contributed by atoms with Gasteiger partial charge < -0.3 is 20.2 Å². The lowest BCUT2D eigenvalue weighted by Crippen LogP contribution is -2.56. The number of nitrogens with zero attached hydrogens (tertiary/aromatic N) is 2. The van der Waals surface area contributed by atoms with E-state index in [1.165, 1.54) is 0 Å². The standard InChI is InChI=1S/C15H26N2O4/c18-12-8-16(9-13(19)14(12)20)7-10-3-5-17(6-4-10)15(21)11-1-2-11/h10-14,18-20H,1-9H2/t12-,13+,14?. The van der Waals surface area contributed by atoms with Crippen molar-refractivity contribution < 1.29 is 20.1 Å². The first-order valence-corrected chi connectivity index (χ1v) is 8.10. The van der Waals surface area contributed by atoms with Gasteiger partial charge in [-0.1, -0.05) is 0 Å². The Hall–Kier alpha value is -0.690. The zero-order valence-electron chi connectivity index (χ0n) is 12.4. The Morgan fingerprint density at radius 1 is 0.952 bits per heavy atom. The Balaban J connectivity index is 1.43. The van der Waals surface area contributed by atoms with E-state index in [4.69, 9.17) is 0 Å². The van der Waals surface area contributed by atoms with E-state index in [1.54, 1.807) is 0 Å². The normalized spacial score (nSPS) is 36.0. The average Bonchev–Trinajstić information content (AvgIpc) is 3.29. The second kappa shape index (κ2) is 6.20. The third kappa shape index (κ3) is 3.56. The fourth-order valence-corrected chi connectivity index (χ4v) is 3.51. The maximum absolute atomic E-state index is 12.0. The third-order valence-electron chi connectivity index (χ3n) is 5.05. The highest BCUT2D eigenvalue weighted by atomic mass is 16.4. The molecule has 2 heterocycles. The van der Waals surface area contributed by atoms with Crippen LogP contribution in [0.15, 0.2) is 0 Å². The topological polar surface area (TPSA) is 84.2 Å². The highest BCUT2D eigenvalue weighted by molar-refractivity contribution is 5.81. The van der Waals surface area contributed by atoms with E-state index in [-0.39, 0.29) is 0 Å². The monoisotopic (exact) mass is 298 g/mol. The Bertz CT molecular complexity index is 368. The first-order chi connectivity index (χ1) is 10.0. The summed E-state index contributed by atoms with van der Waals surface area (Å²) in [7, 11) is 0. The number of aliphatic hydroxyl groups excluding tert-OH is 3. The van der Waals surface area contributed by atoms with Gasteiger partial charge in [-0.05, 0) is 31.6 Å². The molecule has 21 heavy (non-hydrogen) atoms. The van der Waals surface area contributed by atoms with Crippen LogP contribution in [0.3, 0.4) is 0 Å². The highest BCUT2D eigenvalue weighted by Gasteiger charge is 2.37. The van der Waals surface area contributed by atoms with Gasteiger partial charge in [0.05, 0.1) is 12.2 Å². The maximum Gasteiger partial charge on any atom is 0.225 e.